The molecule has 0 aromatic carbocycles. The second kappa shape index (κ2) is 5.38. The number of ether oxygens (including phenoxy) is 1. The topological polar surface area (TPSA) is 21.3 Å². The third-order valence-corrected chi connectivity index (χ3v) is 4.33. The zero-order chi connectivity index (χ0) is 9.80. The van der Waals surface area contributed by atoms with E-state index in [4.69, 9.17) is 4.74 Å². The minimum Gasteiger partial charge on any atom is -0.374 e. The van der Waals surface area contributed by atoms with E-state index in [1.165, 1.54) is 37.2 Å². The first-order valence-corrected chi connectivity index (χ1v) is 6.96. The molecule has 0 radical (unpaired) electrons. The van der Waals surface area contributed by atoms with Gasteiger partial charge in [0, 0.05) is 18.3 Å². The zero-order valence-electron chi connectivity index (χ0n) is 9.00. The van der Waals surface area contributed by atoms with Crippen molar-refractivity contribution in [2.75, 3.05) is 18.1 Å². The van der Waals surface area contributed by atoms with Crippen LogP contribution in [0.2, 0.25) is 0 Å². The molecule has 2 heterocycles. The number of hydrogen-bond acceptors (Lipinski definition) is 3. The number of nitrogens with one attached hydrogen (secondary N) is 1. The Morgan fingerprint density at radius 1 is 1.36 bits per heavy atom. The lowest BCUT2D eigenvalue weighted by molar-refractivity contribution is 0.0545. The Balaban J connectivity index is 1.61. The molecule has 82 valence electrons. The van der Waals surface area contributed by atoms with Crippen molar-refractivity contribution in [3.05, 3.63) is 0 Å². The Bertz CT molecular complexity index is 166. The van der Waals surface area contributed by atoms with E-state index in [1.807, 2.05) is 0 Å². The Morgan fingerprint density at radius 3 is 2.93 bits per heavy atom. The fourth-order valence-corrected chi connectivity index (χ4v) is 3.34. The van der Waals surface area contributed by atoms with E-state index in [1.54, 1.807) is 0 Å². The molecule has 2 aliphatic rings. The van der Waals surface area contributed by atoms with E-state index in [9.17, 15) is 0 Å². The summed E-state index contributed by atoms with van der Waals surface area (Å²) in [7, 11) is 0. The third-order valence-electron chi connectivity index (χ3n) is 3.11. The van der Waals surface area contributed by atoms with Crippen LogP contribution in [0.5, 0.6) is 0 Å². The van der Waals surface area contributed by atoms with Gasteiger partial charge in [-0.05, 0) is 38.4 Å². The predicted octanol–water partition coefficient (Wildman–Crippen LogP) is 2.04. The van der Waals surface area contributed by atoms with Crippen LogP contribution in [0, 0.1) is 0 Å². The molecule has 0 aliphatic carbocycles. The number of thioether (sulfide) groups is 1. The highest BCUT2D eigenvalue weighted by Crippen LogP contribution is 2.20. The second-order valence-corrected chi connectivity index (χ2v) is 5.62. The van der Waals surface area contributed by atoms with Gasteiger partial charge in [0.05, 0.1) is 12.2 Å². The average Bonchev–Trinajstić information content (AvgIpc) is 2.63. The molecule has 0 amide bonds. The molecule has 2 saturated heterocycles. The molecule has 3 atom stereocenters. The summed E-state index contributed by atoms with van der Waals surface area (Å²) >= 11 is 2.08. The minimum absolute atomic E-state index is 0.483. The fraction of sp³-hybridized carbons (Fsp3) is 1.00. The molecule has 0 aromatic rings. The summed E-state index contributed by atoms with van der Waals surface area (Å²) < 4.78 is 5.78. The van der Waals surface area contributed by atoms with Crippen LogP contribution >= 0.6 is 11.8 Å². The van der Waals surface area contributed by atoms with Crippen LogP contribution in [0.4, 0.5) is 0 Å². The first-order chi connectivity index (χ1) is 6.84. The highest BCUT2D eigenvalue weighted by atomic mass is 32.2. The van der Waals surface area contributed by atoms with E-state index in [2.05, 4.69) is 24.0 Å². The van der Waals surface area contributed by atoms with Gasteiger partial charge in [0.15, 0.2) is 0 Å². The maximum atomic E-state index is 5.78. The van der Waals surface area contributed by atoms with E-state index >= 15 is 0 Å². The average molecular weight is 215 g/mol. The van der Waals surface area contributed by atoms with Crippen LogP contribution in [0.25, 0.3) is 0 Å². The molecule has 1 N–H and O–H groups in total. The van der Waals surface area contributed by atoms with E-state index in [-0.39, 0.29) is 0 Å². The lowest BCUT2D eigenvalue weighted by atomic mass is 10.1. The molecule has 14 heavy (non-hydrogen) atoms. The van der Waals surface area contributed by atoms with Crippen LogP contribution in [-0.4, -0.2) is 36.3 Å². The molecule has 0 aromatic heterocycles. The van der Waals surface area contributed by atoms with Crippen molar-refractivity contribution in [1.29, 1.82) is 0 Å². The quantitative estimate of drug-likeness (QED) is 0.778. The van der Waals surface area contributed by atoms with Crippen LogP contribution in [0.15, 0.2) is 0 Å². The molecule has 3 unspecified atom stereocenters. The maximum Gasteiger partial charge on any atom is 0.0704 e. The molecule has 2 fully saturated rings. The van der Waals surface area contributed by atoms with Gasteiger partial charge in [-0.3, -0.25) is 0 Å². The summed E-state index contributed by atoms with van der Waals surface area (Å²) in [5.74, 6) is 2.65. The predicted molar refractivity (Wildman–Crippen MR) is 61.9 cm³/mol. The molecule has 0 spiro atoms. The van der Waals surface area contributed by atoms with Crippen molar-refractivity contribution in [2.45, 2.75) is 50.9 Å². The van der Waals surface area contributed by atoms with Gasteiger partial charge in [-0.15, -0.1) is 0 Å². The van der Waals surface area contributed by atoms with Gasteiger partial charge in [0.2, 0.25) is 0 Å². The van der Waals surface area contributed by atoms with Crippen LogP contribution in [0.1, 0.15) is 32.6 Å². The summed E-state index contributed by atoms with van der Waals surface area (Å²) in [5, 5.41) is 3.64. The van der Waals surface area contributed by atoms with Crippen molar-refractivity contribution < 1.29 is 4.74 Å². The van der Waals surface area contributed by atoms with Gasteiger partial charge in [-0.25, -0.2) is 0 Å². The molecule has 2 nitrogen and oxygen atoms in total. The van der Waals surface area contributed by atoms with Gasteiger partial charge in [0.25, 0.3) is 0 Å². The highest BCUT2D eigenvalue weighted by molar-refractivity contribution is 7.99. The Kier molecular flexibility index (Phi) is 4.14. The summed E-state index contributed by atoms with van der Waals surface area (Å²) in [6.45, 7) is 3.24. The number of hydrogen-bond donors (Lipinski definition) is 1. The first-order valence-electron chi connectivity index (χ1n) is 5.81. The molecule has 2 rings (SSSR count). The molecular formula is C11H21NOS. The van der Waals surface area contributed by atoms with Gasteiger partial charge >= 0.3 is 0 Å². The van der Waals surface area contributed by atoms with Gasteiger partial charge in [0.1, 0.15) is 0 Å². The fourth-order valence-electron chi connectivity index (χ4n) is 2.24. The molecule has 3 heteroatoms. The second-order valence-electron chi connectivity index (χ2n) is 4.47. The lowest BCUT2D eigenvalue weighted by Gasteiger charge is -2.24. The summed E-state index contributed by atoms with van der Waals surface area (Å²) in [6.07, 6.45) is 6.19. The van der Waals surface area contributed by atoms with E-state index < -0.39 is 0 Å². The minimum atomic E-state index is 0.483. The van der Waals surface area contributed by atoms with Crippen molar-refractivity contribution >= 4 is 11.8 Å². The van der Waals surface area contributed by atoms with E-state index in [0.29, 0.717) is 12.2 Å². The molecule has 2 aliphatic heterocycles. The van der Waals surface area contributed by atoms with Crippen LogP contribution in [-0.2, 0) is 4.74 Å². The standard InChI is InChI=1S/C11H21NOS/c1-9-4-5-11(13-9)7-12-10-3-2-6-14-8-10/h9-12H,2-8H2,1H3. The normalized spacial score (nSPS) is 38.8. The largest absolute Gasteiger partial charge is 0.374 e. The van der Waals surface area contributed by atoms with Crippen molar-refractivity contribution in [3.8, 4) is 0 Å². The zero-order valence-corrected chi connectivity index (χ0v) is 9.81. The summed E-state index contributed by atoms with van der Waals surface area (Å²) in [6, 6.07) is 0.744. The monoisotopic (exact) mass is 215 g/mol. The highest BCUT2D eigenvalue weighted by Gasteiger charge is 2.22. The summed E-state index contributed by atoms with van der Waals surface area (Å²) in [5.41, 5.74) is 0. The maximum absolute atomic E-state index is 5.78. The lowest BCUT2D eigenvalue weighted by Crippen LogP contribution is -2.38. The first kappa shape index (κ1) is 10.8. The van der Waals surface area contributed by atoms with Crippen LogP contribution < -0.4 is 5.32 Å². The molecular weight excluding hydrogens is 194 g/mol. The molecule has 0 bridgehead atoms. The van der Waals surface area contributed by atoms with Crippen molar-refractivity contribution in [1.82, 2.24) is 5.32 Å². The Morgan fingerprint density at radius 2 is 2.29 bits per heavy atom. The van der Waals surface area contributed by atoms with Gasteiger partial charge in [-0.1, -0.05) is 0 Å². The van der Waals surface area contributed by atoms with Gasteiger partial charge < -0.3 is 10.1 Å². The number of rotatable bonds is 3. The van der Waals surface area contributed by atoms with Gasteiger partial charge in [-0.2, -0.15) is 11.8 Å². The molecule has 0 saturated carbocycles. The van der Waals surface area contributed by atoms with E-state index in [0.717, 1.165) is 12.6 Å². The van der Waals surface area contributed by atoms with Crippen molar-refractivity contribution in [3.63, 3.8) is 0 Å². The summed E-state index contributed by atoms with van der Waals surface area (Å²) in [4.78, 5) is 0. The van der Waals surface area contributed by atoms with Crippen molar-refractivity contribution in [2.24, 2.45) is 0 Å². The Hall–Kier alpha value is 0.270. The smallest absolute Gasteiger partial charge is 0.0704 e. The van der Waals surface area contributed by atoms with Crippen LogP contribution in [0.3, 0.4) is 0 Å². The Labute approximate surface area is 91.2 Å². The third kappa shape index (κ3) is 3.14. The SMILES string of the molecule is CC1CCC(CNC2CCCSC2)O1.